The highest BCUT2D eigenvalue weighted by Gasteiger charge is 2.56. The van der Waals surface area contributed by atoms with Crippen LogP contribution in [0.3, 0.4) is 0 Å². The predicted molar refractivity (Wildman–Crippen MR) is 175 cm³/mol. The predicted octanol–water partition coefficient (Wildman–Crippen LogP) is 4.39. The number of aliphatic hydroxyl groups excluding tert-OH is 1. The van der Waals surface area contributed by atoms with Crippen LogP contribution in [0.1, 0.15) is 40.8 Å². The monoisotopic (exact) mass is 673 g/mol. The van der Waals surface area contributed by atoms with Gasteiger partial charge in [-0.05, 0) is 30.7 Å². The lowest BCUT2D eigenvalue weighted by Gasteiger charge is -2.26. The van der Waals surface area contributed by atoms with Crippen LogP contribution in [0.2, 0.25) is 0 Å². The molecule has 1 saturated heterocycles. The molecule has 6 atom stereocenters. The first-order chi connectivity index (χ1) is 22.0. The molecule has 1 aliphatic rings. The fourth-order valence-corrected chi connectivity index (χ4v) is 6.64. The number of nitrogens with one attached hydrogen (secondary N) is 1. The zero-order valence-corrected chi connectivity index (χ0v) is 28.3. The zero-order chi connectivity index (χ0) is 34.3. The molecule has 5 rings (SSSR count). The number of nitrogen functional groups attached to an aromatic ring is 1. The lowest BCUT2D eigenvalue weighted by molar-refractivity contribution is -0.148. The average molecular weight is 674 g/mol. The molecule has 1 aliphatic heterocycles. The molecule has 2 aromatic carbocycles. The van der Waals surface area contributed by atoms with Crippen LogP contribution in [0.5, 0.6) is 5.75 Å². The van der Waals surface area contributed by atoms with Crippen LogP contribution in [-0.2, 0) is 23.4 Å². The number of carbonyl (C=O) groups excluding carboxylic acids is 1. The molecule has 4 aromatic rings. The SMILES string of the molecule is C[C@@H](N[P@@](=O)(OC[C@H]1O[C@@H](n2cnc3c(N(C)C)nc(N)nc32)[C@](C)(F)[C@@H]1O)Oc1cccc2ccccc12)C(=O)OCC(C)(C)C. The number of esters is 1. The van der Waals surface area contributed by atoms with E-state index >= 15 is 4.39 Å². The number of ether oxygens (including phenoxy) is 2. The lowest BCUT2D eigenvalue weighted by atomic mass is 9.98. The highest BCUT2D eigenvalue weighted by atomic mass is 31.2. The smallest absolute Gasteiger partial charge is 0.459 e. The van der Waals surface area contributed by atoms with Crippen LogP contribution in [0.15, 0.2) is 48.8 Å². The zero-order valence-electron chi connectivity index (χ0n) is 27.4. The minimum absolute atomic E-state index is 0.0605. The molecule has 0 amide bonds. The molecule has 14 nitrogen and oxygen atoms in total. The quantitative estimate of drug-likeness (QED) is 0.151. The molecule has 0 bridgehead atoms. The average Bonchev–Trinajstić information content (AvgIpc) is 3.51. The van der Waals surface area contributed by atoms with Crippen molar-refractivity contribution < 1.29 is 37.4 Å². The number of imidazole rings is 1. The van der Waals surface area contributed by atoms with E-state index in [1.807, 2.05) is 39.0 Å². The van der Waals surface area contributed by atoms with Gasteiger partial charge in [0.25, 0.3) is 0 Å². The van der Waals surface area contributed by atoms with E-state index in [-0.39, 0.29) is 29.4 Å². The standard InChI is InChI=1S/C31H41FN7O7P/c1-18(27(41)43-16-30(2,3)4)37-47(42,46-21-14-10-12-19-11-8-9-13-20(19)21)44-15-22-24(40)31(5,32)28(45-22)39-17-34-23-25(38(6)7)35-29(33)36-26(23)39/h8-14,17-18,22,24,28,40H,15-16H2,1-7H3,(H,37,42)(H2,33,35,36)/t18-,22-,24-,28-,31-,47-/m1/s1. The third-order valence-electron chi connectivity index (χ3n) is 7.54. The van der Waals surface area contributed by atoms with E-state index in [1.54, 1.807) is 43.3 Å². The Kier molecular flexibility index (Phi) is 9.50. The first-order valence-electron chi connectivity index (χ1n) is 15.1. The van der Waals surface area contributed by atoms with Gasteiger partial charge in [0.2, 0.25) is 5.95 Å². The van der Waals surface area contributed by atoms with Crippen LogP contribution in [0.4, 0.5) is 16.2 Å². The van der Waals surface area contributed by atoms with Gasteiger partial charge in [0.15, 0.2) is 28.9 Å². The Hall–Kier alpha value is -3.88. The van der Waals surface area contributed by atoms with Crippen LogP contribution < -0.4 is 20.2 Å². The van der Waals surface area contributed by atoms with Crippen molar-refractivity contribution in [2.24, 2.45) is 5.41 Å². The Morgan fingerprint density at radius 3 is 2.64 bits per heavy atom. The number of hydrogen-bond acceptors (Lipinski definition) is 12. The summed E-state index contributed by atoms with van der Waals surface area (Å²) in [7, 11) is -0.909. The summed E-state index contributed by atoms with van der Waals surface area (Å²) in [6.07, 6.45) is -3.16. The van der Waals surface area contributed by atoms with E-state index in [4.69, 9.17) is 24.3 Å². The summed E-state index contributed by atoms with van der Waals surface area (Å²) in [6, 6.07) is 11.4. The minimum atomic E-state index is -4.41. The van der Waals surface area contributed by atoms with Gasteiger partial charge in [0.05, 0.1) is 19.5 Å². The number of halogens is 1. The van der Waals surface area contributed by atoms with Gasteiger partial charge in [-0.15, -0.1) is 0 Å². The first-order valence-corrected chi connectivity index (χ1v) is 16.6. The summed E-state index contributed by atoms with van der Waals surface area (Å²) in [5.74, 6) is -0.106. The second-order valence-electron chi connectivity index (χ2n) is 13.1. The summed E-state index contributed by atoms with van der Waals surface area (Å²) in [5, 5.41) is 15.2. The van der Waals surface area contributed by atoms with Crippen LogP contribution in [0.25, 0.3) is 21.9 Å². The van der Waals surface area contributed by atoms with Gasteiger partial charge in [0, 0.05) is 19.5 Å². The highest BCUT2D eigenvalue weighted by Crippen LogP contribution is 2.49. The maximum absolute atomic E-state index is 16.3. The second kappa shape index (κ2) is 13.0. The molecule has 0 radical (unpaired) electrons. The largest absolute Gasteiger partial charge is 0.464 e. The van der Waals surface area contributed by atoms with Crippen molar-refractivity contribution in [1.29, 1.82) is 0 Å². The Bertz CT molecular complexity index is 1810. The molecule has 0 spiro atoms. The van der Waals surface area contributed by atoms with Gasteiger partial charge in [-0.25, -0.2) is 13.9 Å². The Labute approximate surface area is 272 Å². The molecule has 254 valence electrons. The summed E-state index contributed by atoms with van der Waals surface area (Å²) in [6.45, 7) is 7.90. The van der Waals surface area contributed by atoms with Gasteiger partial charge in [0.1, 0.15) is 24.0 Å². The molecule has 0 unspecified atom stereocenters. The fourth-order valence-electron chi connectivity index (χ4n) is 5.12. The van der Waals surface area contributed by atoms with Gasteiger partial charge in [-0.1, -0.05) is 57.2 Å². The van der Waals surface area contributed by atoms with E-state index in [2.05, 4.69) is 20.0 Å². The van der Waals surface area contributed by atoms with Gasteiger partial charge >= 0.3 is 13.7 Å². The highest BCUT2D eigenvalue weighted by molar-refractivity contribution is 7.52. The summed E-state index contributed by atoms with van der Waals surface area (Å²) >= 11 is 0. The van der Waals surface area contributed by atoms with E-state index in [1.165, 1.54) is 24.7 Å². The van der Waals surface area contributed by atoms with E-state index in [0.29, 0.717) is 16.7 Å². The van der Waals surface area contributed by atoms with Crippen LogP contribution in [-0.4, -0.2) is 81.8 Å². The first kappa shape index (κ1) is 34.5. The number of hydrogen-bond donors (Lipinski definition) is 3. The number of rotatable bonds is 11. The number of aromatic nitrogens is 4. The lowest BCUT2D eigenvalue weighted by Crippen LogP contribution is -2.41. The molecule has 0 saturated carbocycles. The Morgan fingerprint density at radius 1 is 1.23 bits per heavy atom. The minimum Gasteiger partial charge on any atom is -0.464 e. The van der Waals surface area contributed by atoms with Crippen molar-refractivity contribution >= 4 is 47.4 Å². The number of fused-ring (bicyclic) bond motifs is 2. The summed E-state index contributed by atoms with van der Waals surface area (Å²) < 4.78 is 55.1. The number of anilines is 2. The second-order valence-corrected chi connectivity index (χ2v) is 14.8. The van der Waals surface area contributed by atoms with Crippen molar-refractivity contribution in [1.82, 2.24) is 24.6 Å². The molecule has 47 heavy (non-hydrogen) atoms. The maximum Gasteiger partial charge on any atom is 0.459 e. The van der Waals surface area contributed by atoms with Crippen molar-refractivity contribution in [2.75, 3.05) is 37.9 Å². The fraction of sp³-hybridized carbons (Fsp3) is 0.484. The normalized spacial score (nSPS) is 23.5. The van der Waals surface area contributed by atoms with Crippen molar-refractivity contribution in [2.45, 2.75) is 64.8 Å². The van der Waals surface area contributed by atoms with Gasteiger partial charge < -0.3 is 29.7 Å². The number of carbonyl (C=O) groups is 1. The van der Waals surface area contributed by atoms with E-state index in [9.17, 15) is 14.5 Å². The molecule has 4 N–H and O–H groups in total. The third kappa shape index (κ3) is 7.34. The van der Waals surface area contributed by atoms with Gasteiger partial charge in [-0.2, -0.15) is 15.1 Å². The van der Waals surface area contributed by atoms with Gasteiger partial charge in [-0.3, -0.25) is 13.9 Å². The number of nitrogens with two attached hydrogens (primary N) is 1. The topological polar surface area (TPSA) is 176 Å². The molecule has 1 fully saturated rings. The van der Waals surface area contributed by atoms with Crippen molar-refractivity contribution in [3.63, 3.8) is 0 Å². The summed E-state index contributed by atoms with van der Waals surface area (Å²) in [5.41, 5.74) is 3.79. The molecule has 16 heteroatoms. The molecular weight excluding hydrogens is 632 g/mol. The third-order valence-corrected chi connectivity index (χ3v) is 9.17. The van der Waals surface area contributed by atoms with Crippen LogP contribution >= 0.6 is 7.75 Å². The number of aliphatic hydroxyl groups is 1. The van der Waals surface area contributed by atoms with Crippen molar-refractivity contribution in [3.8, 4) is 5.75 Å². The number of nitrogens with zero attached hydrogens (tertiary/aromatic N) is 5. The molecular formula is C31H41FN7O7P. The van der Waals surface area contributed by atoms with Crippen LogP contribution in [0, 0.1) is 5.41 Å². The molecule has 2 aromatic heterocycles. The Balaban J connectivity index is 1.41. The number of alkyl halides is 1. The number of benzene rings is 2. The van der Waals surface area contributed by atoms with E-state index < -0.39 is 50.5 Å². The molecule has 0 aliphatic carbocycles. The van der Waals surface area contributed by atoms with E-state index in [0.717, 1.165) is 5.39 Å². The molecule has 3 heterocycles. The maximum atomic E-state index is 16.3. The Morgan fingerprint density at radius 2 is 1.94 bits per heavy atom. The van der Waals surface area contributed by atoms with Crippen molar-refractivity contribution in [3.05, 3.63) is 48.8 Å². The summed E-state index contributed by atoms with van der Waals surface area (Å²) in [4.78, 5) is 27.3.